The van der Waals surface area contributed by atoms with Gasteiger partial charge in [0.15, 0.2) is 0 Å². The normalized spacial score (nSPS) is 10.8. The van der Waals surface area contributed by atoms with Crippen LogP contribution in [0.3, 0.4) is 0 Å². The molecule has 0 fully saturated rings. The van der Waals surface area contributed by atoms with Gasteiger partial charge in [0, 0.05) is 26.5 Å². The smallest absolute Gasteiger partial charge is 0.267 e. The maximum atomic E-state index is 12.1. The molecule has 0 aromatic heterocycles. The van der Waals surface area contributed by atoms with Gasteiger partial charge in [-0.05, 0) is 55.0 Å². The predicted molar refractivity (Wildman–Crippen MR) is 99.0 cm³/mol. The highest BCUT2D eigenvalue weighted by Gasteiger charge is 2.09. The van der Waals surface area contributed by atoms with Crippen molar-refractivity contribution in [2.45, 2.75) is 6.92 Å². The van der Waals surface area contributed by atoms with Gasteiger partial charge in [-0.2, -0.15) is 5.26 Å². The van der Waals surface area contributed by atoms with Gasteiger partial charge in [-0.1, -0.05) is 31.9 Å². The third-order valence-corrected chi connectivity index (χ3v) is 4.05. The minimum Gasteiger partial charge on any atom is -0.360 e. The maximum absolute atomic E-state index is 12.1. The molecule has 6 heteroatoms. The molecule has 116 valence electrons. The van der Waals surface area contributed by atoms with E-state index in [2.05, 4.69) is 42.5 Å². The summed E-state index contributed by atoms with van der Waals surface area (Å²) >= 11 is 6.72. The van der Waals surface area contributed by atoms with Crippen LogP contribution >= 0.6 is 31.9 Å². The molecule has 2 rings (SSSR count). The zero-order valence-electron chi connectivity index (χ0n) is 12.2. The maximum Gasteiger partial charge on any atom is 0.267 e. The van der Waals surface area contributed by atoms with E-state index in [9.17, 15) is 10.1 Å². The number of nitrogens with zero attached hydrogens (tertiary/aromatic N) is 1. The van der Waals surface area contributed by atoms with Crippen LogP contribution in [0.2, 0.25) is 0 Å². The van der Waals surface area contributed by atoms with Gasteiger partial charge in [0.25, 0.3) is 5.91 Å². The number of rotatable bonds is 4. The van der Waals surface area contributed by atoms with E-state index in [0.717, 1.165) is 20.2 Å². The highest BCUT2D eigenvalue weighted by atomic mass is 79.9. The molecular formula is C17H13Br2N3O. The molecule has 0 radical (unpaired) electrons. The van der Waals surface area contributed by atoms with Crippen LogP contribution in [0, 0.1) is 18.3 Å². The molecule has 0 saturated heterocycles. The van der Waals surface area contributed by atoms with Crippen LogP contribution in [-0.4, -0.2) is 5.91 Å². The lowest BCUT2D eigenvalue weighted by Gasteiger charge is -2.07. The van der Waals surface area contributed by atoms with Crippen molar-refractivity contribution in [3.8, 4) is 6.07 Å². The lowest BCUT2D eigenvalue weighted by molar-refractivity contribution is -0.112. The zero-order valence-corrected chi connectivity index (χ0v) is 15.4. The van der Waals surface area contributed by atoms with E-state index in [0.29, 0.717) is 5.69 Å². The monoisotopic (exact) mass is 433 g/mol. The lowest BCUT2D eigenvalue weighted by Crippen LogP contribution is -2.14. The Labute approximate surface area is 151 Å². The van der Waals surface area contributed by atoms with Crippen LogP contribution in [-0.2, 0) is 4.79 Å². The van der Waals surface area contributed by atoms with Crippen molar-refractivity contribution in [3.05, 3.63) is 68.7 Å². The van der Waals surface area contributed by atoms with Crippen LogP contribution in [0.4, 0.5) is 11.4 Å². The standard InChI is InChI=1S/C17H13Br2N3O/c1-11-8-14(19)4-7-16(11)21-10-12(9-20)17(23)22-15-5-2-13(18)3-6-15/h2-8,10,21H,1H3,(H,22,23)/b12-10-. The molecule has 2 aromatic carbocycles. The van der Waals surface area contributed by atoms with Gasteiger partial charge in [-0.15, -0.1) is 0 Å². The molecule has 1 amide bonds. The summed E-state index contributed by atoms with van der Waals surface area (Å²) in [6.07, 6.45) is 1.41. The Morgan fingerprint density at radius 2 is 1.78 bits per heavy atom. The van der Waals surface area contributed by atoms with E-state index in [4.69, 9.17) is 0 Å². The van der Waals surface area contributed by atoms with Gasteiger partial charge in [-0.3, -0.25) is 4.79 Å². The summed E-state index contributed by atoms with van der Waals surface area (Å²) < 4.78 is 1.89. The summed E-state index contributed by atoms with van der Waals surface area (Å²) in [6, 6.07) is 14.7. The van der Waals surface area contributed by atoms with Crippen molar-refractivity contribution in [1.82, 2.24) is 0 Å². The number of nitriles is 1. The average Bonchev–Trinajstić information content (AvgIpc) is 2.52. The van der Waals surface area contributed by atoms with Crippen LogP contribution in [0.25, 0.3) is 0 Å². The molecular weight excluding hydrogens is 422 g/mol. The third kappa shape index (κ3) is 4.95. The molecule has 23 heavy (non-hydrogen) atoms. The van der Waals surface area contributed by atoms with Crippen molar-refractivity contribution < 1.29 is 4.79 Å². The molecule has 0 saturated carbocycles. The van der Waals surface area contributed by atoms with Crippen molar-refractivity contribution in [1.29, 1.82) is 5.26 Å². The van der Waals surface area contributed by atoms with E-state index in [1.165, 1.54) is 6.20 Å². The van der Waals surface area contributed by atoms with E-state index in [1.54, 1.807) is 12.1 Å². The Morgan fingerprint density at radius 1 is 1.13 bits per heavy atom. The first-order chi connectivity index (χ1) is 11.0. The number of carbonyl (C=O) groups is 1. The second-order valence-corrected chi connectivity index (χ2v) is 6.57. The Kier molecular flexibility index (Phi) is 5.97. The molecule has 2 N–H and O–H groups in total. The quantitative estimate of drug-likeness (QED) is 0.526. The first kappa shape index (κ1) is 17.3. The number of anilines is 2. The number of amides is 1. The Hall–Kier alpha value is -2.10. The molecule has 2 aromatic rings. The number of benzene rings is 2. The first-order valence-electron chi connectivity index (χ1n) is 6.69. The molecule has 0 aliphatic heterocycles. The average molecular weight is 435 g/mol. The van der Waals surface area contributed by atoms with Crippen LogP contribution in [0.15, 0.2) is 63.2 Å². The minimum atomic E-state index is -0.461. The second-order valence-electron chi connectivity index (χ2n) is 4.73. The summed E-state index contributed by atoms with van der Waals surface area (Å²) in [5.41, 5.74) is 2.45. The molecule has 0 aliphatic carbocycles. The summed E-state index contributed by atoms with van der Waals surface area (Å²) in [4.78, 5) is 12.1. The molecule has 4 nitrogen and oxygen atoms in total. The molecule has 0 atom stereocenters. The molecule has 0 aliphatic rings. The lowest BCUT2D eigenvalue weighted by atomic mass is 10.2. The number of halogens is 2. The van der Waals surface area contributed by atoms with Gasteiger partial charge in [-0.25, -0.2) is 0 Å². The zero-order chi connectivity index (χ0) is 16.8. The summed E-state index contributed by atoms with van der Waals surface area (Å²) in [6.45, 7) is 1.94. The fraction of sp³-hybridized carbons (Fsp3) is 0.0588. The highest BCUT2D eigenvalue weighted by Crippen LogP contribution is 2.20. The van der Waals surface area contributed by atoms with Crippen molar-refractivity contribution in [3.63, 3.8) is 0 Å². The Bertz CT molecular complexity index is 792. The number of carbonyl (C=O) groups excluding carboxylic acids is 1. The van der Waals surface area contributed by atoms with E-state index in [-0.39, 0.29) is 5.57 Å². The number of nitrogens with one attached hydrogen (secondary N) is 2. The van der Waals surface area contributed by atoms with Gasteiger partial charge in [0.05, 0.1) is 0 Å². The third-order valence-electron chi connectivity index (χ3n) is 3.03. The minimum absolute atomic E-state index is 0.00441. The second kappa shape index (κ2) is 7.95. The topological polar surface area (TPSA) is 64.9 Å². The van der Waals surface area contributed by atoms with Gasteiger partial charge >= 0.3 is 0 Å². The van der Waals surface area contributed by atoms with Crippen LogP contribution in [0.1, 0.15) is 5.56 Å². The van der Waals surface area contributed by atoms with Gasteiger partial charge in [0.1, 0.15) is 11.6 Å². The molecule has 0 heterocycles. The number of aryl methyl sites for hydroxylation is 1. The molecule has 0 spiro atoms. The Balaban J connectivity index is 2.10. The van der Waals surface area contributed by atoms with Crippen LogP contribution in [0.5, 0.6) is 0 Å². The highest BCUT2D eigenvalue weighted by molar-refractivity contribution is 9.10. The van der Waals surface area contributed by atoms with Crippen LogP contribution < -0.4 is 10.6 Å². The number of hydrogen-bond acceptors (Lipinski definition) is 3. The largest absolute Gasteiger partial charge is 0.360 e. The summed E-state index contributed by atoms with van der Waals surface area (Å²) in [5.74, 6) is -0.461. The Morgan fingerprint density at radius 3 is 2.39 bits per heavy atom. The number of hydrogen-bond donors (Lipinski definition) is 2. The van der Waals surface area contributed by atoms with E-state index >= 15 is 0 Å². The summed E-state index contributed by atoms with van der Waals surface area (Å²) in [7, 11) is 0. The van der Waals surface area contributed by atoms with E-state index in [1.807, 2.05) is 43.3 Å². The SMILES string of the molecule is Cc1cc(Br)ccc1N/C=C(/C#N)C(=O)Nc1ccc(Br)cc1. The van der Waals surface area contributed by atoms with Crippen molar-refractivity contribution in [2.24, 2.45) is 0 Å². The molecule has 0 bridgehead atoms. The molecule has 0 unspecified atom stereocenters. The first-order valence-corrected chi connectivity index (χ1v) is 8.28. The van der Waals surface area contributed by atoms with Gasteiger partial charge < -0.3 is 10.6 Å². The van der Waals surface area contributed by atoms with E-state index < -0.39 is 5.91 Å². The summed E-state index contributed by atoms with van der Waals surface area (Å²) in [5, 5.41) is 14.9. The van der Waals surface area contributed by atoms with Crippen molar-refractivity contribution in [2.75, 3.05) is 10.6 Å². The van der Waals surface area contributed by atoms with Crippen molar-refractivity contribution >= 4 is 49.1 Å². The fourth-order valence-corrected chi connectivity index (χ4v) is 2.56. The van der Waals surface area contributed by atoms with Gasteiger partial charge in [0.2, 0.25) is 0 Å². The predicted octanol–water partition coefficient (Wildman–Crippen LogP) is 4.98. The fourth-order valence-electron chi connectivity index (χ4n) is 1.82.